The van der Waals surface area contributed by atoms with Gasteiger partial charge in [0.2, 0.25) is 0 Å². The van der Waals surface area contributed by atoms with Crippen molar-refractivity contribution in [1.29, 1.82) is 0 Å². The lowest BCUT2D eigenvalue weighted by Gasteiger charge is -2.09. The largest absolute Gasteiger partial charge is 0.346 e. The van der Waals surface area contributed by atoms with Crippen LogP contribution < -0.4 is 5.32 Å². The van der Waals surface area contributed by atoms with Crippen LogP contribution in [-0.4, -0.2) is 30.5 Å². The maximum absolute atomic E-state index is 12.9. The fourth-order valence-electron chi connectivity index (χ4n) is 3.00. The van der Waals surface area contributed by atoms with Crippen LogP contribution in [0.3, 0.4) is 0 Å². The topological polar surface area (TPSA) is 77.6 Å². The summed E-state index contributed by atoms with van der Waals surface area (Å²) in [5, 5.41) is 12.4. The molecule has 3 aromatic heterocycles. The van der Waals surface area contributed by atoms with Crippen molar-refractivity contribution in [3.05, 3.63) is 66.2 Å². The highest BCUT2D eigenvalue weighted by atomic mass is 16.1. The molecule has 0 fully saturated rings. The van der Waals surface area contributed by atoms with Crippen molar-refractivity contribution in [2.45, 2.75) is 20.0 Å². The van der Waals surface area contributed by atoms with Gasteiger partial charge in [-0.25, -0.2) is 4.98 Å². The van der Waals surface area contributed by atoms with Gasteiger partial charge in [-0.2, -0.15) is 10.2 Å². The maximum Gasteiger partial charge on any atom is 0.252 e. The van der Waals surface area contributed by atoms with E-state index in [9.17, 15) is 4.79 Å². The molecule has 0 saturated heterocycles. The third kappa shape index (κ3) is 3.44. The number of aromatic nitrogens is 5. The van der Waals surface area contributed by atoms with Gasteiger partial charge in [-0.05, 0) is 25.1 Å². The van der Waals surface area contributed by atoms with Crippen molar-refractivity contribution in [3.8, 4) is 11.3 Å². The summed E-state index contributed by atoms with van der Waals surface area (Å²) in [7, 11) is 1.85. The minimum atomic E-state index is -0.148. The second kappa shape index (κ2) is 7.03. The summed E-state index contributed by atoms with van der Waals surface area (Å²) in [6, 6.07) is 11.4. The summed E-state index contributed by atoms with van der Waals surface area (Å²) in [5.74, 6) is -0.148. The van der Waals surface area contributed by atoms with Crippen LogP contribution in [0.15, 0.2) is 55.0 Å². The van der Waals surface area contributed by atoms with Gasteiger partial charge in [0, 0.05) is 36.9 Å². The van der Waals surface area contributed by atoms with Gasteiger partial charge in [0.1, 0.15) is 0 Å². The molecule has 3 heterocycles. The van der Waals surface area contributed by atoms with Gasteiger partial charge < -0.3 is 5.32 Å². The Bertz CT molecular complexity index is 1110. The van der Waals surface area contributed by atoms with Gasteiger partial charge in [0.25, 0.3) is 5.91 Å². The summed E-state index contributed by atoms with van der Waals surface area (Å²) in [5.41, 5.74) is 3.80. The van der Waals surface area contributed by atoms with Gasteiger partial charge in [0.15, 0.2) is 0 Å². The van der Waals surface area contributed by atoms with Gasteiger partial charge in [-0.1, -0.05) is 18.2 Å². The molecule has 0 aliphatic carbocycles. The molecule has 0 bridgehead atoms. The fraction of sp³-hybridized carbons (Fsp3) is 0.200. The molecule has 0 aliphatic rings. The number of para-hydroxylation sites is 1. The standard InChI is InChI=1S/C20H20N6O/c1-3-26-9-8-15(24-26)12-21-20(27)17-10-19(14-11-22-25(2)13-14)23-18-7-5-4-6-16(17)18/h4-11,13H,3,12H2,1-2H3,(H,21,27). The van der Waals surface area contributed by atoms with E-state index >= 15 is 0 Å². The van der Waals surface area contributed by atoms with E-state index in [0.29, 0.717) is 12.1 Å². The van der Waals surface area contributed by atoms with Crippen molar-refractivity contribution < 1.29 is 4.79 Å². The maximum atomic E-state index is 12.9. The number of carbonyl (C=O) groups is 1. The van der Waals surface area contributed by atoms with Crippen LogP contribution in [0.4, 0.5) is 0 Å². The normalized spacial score (nSPS) is 11.0. The van der Waals surface area contributed by atoms with E-state index in [1.165, 1.54) is 0 Å². The molecular weight excluding hydrogens is 340 g/mol. The number of pyridine rings is 1. The number of hydrogen-bond donors (Lipinski definition) is 1. The summed E-state index contributed by atoms with van der Waals surface area (Å²) in [6.07, 6.45) is 5.54. The van der Waals surface area contributed by atoms with Crippen LogP contribution in [0, 0.1) is 0 Å². The quantitative estimate of drug-likeness (QED) is 0.594. The van der Waals surface area contributed by atoms with Crippen molar-refractivity contribution in [2.75, 3.05) is 0 Å². The number of fused-ring (bicyclic) bond motifs is 1. The molecular formula is C20H20N6O. The van der Waals surface area contributed by atoms with Crippen LogP contribution in [0.25, 0.3) is 22.2 Å². The number of nitrogens with zero attached hydrogens (tertiary/aromatic N) is 5. The van der Waals surface area contributed by atoms with Crippen LogP contribution >= 0.6 is 0 Å². The van der Waals surface area contributed by atoms with Gasteiger partial charge in [-0.15, -0.1) is 0 Å². The van der Waals surface area contributed by atoms with Crippen molar-refractivity contribution in [2.24, 2.45) is 7.05 Å². The number of rotatable bonds is 5. The first-order chi connectivity index (χ1) is 13.1. The Balaban J connectivity index is 1.67. The molecule has 4 aromatic rings. The lowest BCUT2D eigenvalue weighted by atomic mass is 10.0. The van der Waals surface area contributed by atoms with Crippen molar-refractivity contribution in [1.82, 2.24) is 29.9 Å². The average molecular weight is 360 g/mol. The minimum absolute atomic E-state index is 0.148. The number of benzene rings is 1. The number of carbonyl (C=O) groups excluding carboxylic acids is 1. The number of nitrogens with one attached hydrogen (secondary N) is 1. The first kappa shape index (κ1) is 17.0. The zero-order valence-electron chi connectivity index (χ0n) is 15.3. The molecule has 0 radical (unpaired) electrons. The predicted molar refractivity (Wildman–Crippen MR) is 103 cm³/mol. The molecule has 136 valence electrons. The first-order valence-electron chi connectivity index (χ1n) is 8.83. The third-order valence-electron chi connectivity index (χ3n) is 4.41. The molecule has 0 atom stereocenters. The molecule has 7 heteroatoms. The van der Waals surface area contributed by atoms with Crippen LogP contribution in [0.5, 0.6) is 0 Å². The molecule has 0 aliphatic heterocycles. The molecule has 1 amide bonds. The lowest BCUT2D eigenvalue weighted by molar-refractivity contribution is 0.0952. The van der Waals surface area contributed by atoms with E-state index in [4.69, 9.17) is 0 Å². The average Bonchev–Trinajstić information content (AvgIpc) is 3.34. The minimum Gasteiger partial charge on any atom is -0.346 e. The second-order valence-electron chi connectivity index (χ2n) is 6.32. The molecule has 0 unspecified atom stereocenters. The Morgan fingerprint density at radius 1 is 1.22 bits per heavy atom. The van der Waals surface area contributed by atoms with Gasteiger partial charge >= 0.3 is 0 Å². The van der Waals surface area contributed by atoms with E-state index in [1.54, 1.807) is 10.9 Å². The van der Waals surface area contributed by atoms with Crippen LogP contribution in [0.2, 0.25) is 0 Å². The Morgan fingerprint density at radius 3 is 2.81 bits per heavy atom. The van der Waals surface area contributed by atoms with E-state index in [1.807, 2.05) is 67.4 Å². The fourth-order valence-corrected chi connectivity index (χ4v) is 3.00. The smallest absolute Gasteiger partial charge is 0.252 e. The molecule has 1 N–H and O–H groups in total. The first-order valence-corrected chi connectivity index (χ1v) is 8.83. The number of hydrogen-bond acceptors (Lipinski definition) is 4. The van der Waals surface area contributed by atoms with Crippen LogP contribution in [-0.2, 0) is 20.1 Å². The SMILES string of the molecule is CCn1ccc(CNC(=O)c2cc(-c3cnn(C)c3)nc3ccccc23)n1. The highest BCUT2D eigenvalue weighted by Crippen LogP contribution is 2.24. The van der Waals surface area contributed by atoms with E-state index in [0.717, 1.165) is 34.4 Å². The summed E-state index contributed by atoms with van der Waals surface area (Å²) < 4.78 is 3.56. The van der Waals surface area contributed by atoms with Crippen molar-refractivity contribution in [3.63, 3.8) is 0 Å². The Morgan fingerprint density at radius 2 is 2.07 bits per heavy atom. The monoisotopic (exact) mass is 360 g/mol. The Labute approximate surface area is 156 Å². The third-order valence-corrected chi connectivity index (χ3v) is 4.41. The molecule has 7 nitrogen and oxygen atoms in total. The molecule has 0 saturated carbocycles. The number of amides is 1. The summed E-state index contributed by atoms with van der Waals surface area (Å²) in [4.78, 5) is 17.6. The van der Waals surface area contributed by atoms with E-state index < -0.39 is 0 Å². The summed E-state index contributed by atoms with van der Waals surface area (Å²) >= 11 is 0. The van der Waals surface area contributed by atoms with E-state index in [2.05, 4.69) is 20.5 Å². The van der Waals surface area contributed by atoms with Crippen molar-refractivity contribution >= 4 is 16.8 Å². The highest BCUT2D eigenvalue weighted by Gasteiger charge is 2.15. The van der Waals surface area contributed by atoms with Gasteiger partial charge in [-0.3, -0.25) is 14.2 Å². The zero-order valence-corrected chi connectivity index (χ0v) is 15.3. The molecule has 1 aromatic carbocycles. The molecule has 0 spiro atoms. The Kier molecular flexibility index (Phi) is 4.42. The Hall–Kier alpha value is -3.48. The predicted octanol–water partition coefficient (Wildman–Crippen LogP) is 2.78. The molecule has 4 rings (SSSR count). The van der Waals surface area contributed by atoms with Gasteiger partial charge in [0.05, 0.1) is 35.2 Å². The lowest BCUT2D eigenvalue weighted by Crippen LogP contribution is -2.23. The zero-order chi connectivity index (χ0) is 18.8. The summed E-state index contributed by atoms with van der Waals surface area (Å²) in [6.45, 7) is 3.21. The highest BCUT2D eigenvalue weighted by molar-refractivity contribution is 6.07. The number of aryl methyl sites for hydroxylation is 2. The van der Waals surface area contributed by atoms with Crippen LogP contribution in [0.1, 0.15) is 23.0 Å². The molecule has 27 heavy (non-hydrogen) atoms. The van der Waals surface area contributed by atoms with E-state index in [-0.39, 0.29) is 5.91 Å². The second-order valence-corrected chi connectivity index (χ2v) is 6.32.